The van der Waals surface area contributed by atoms with Crippen LogP contribution in [0, 0.1) is 0 Å². The first kappa shape index (κ1) is 7.60. The Labute approximate surface area is 74.0 Å². The minimum Gasteiger partial charge on any atom is -0.0952 e. The Kier molecular flexibility index (Phi) is 1.76. The van der Waals surface area contributed by atoms with Gasteiger partial charge in [-0.05, 0) is 42.4 Å². The Morgan fingerprint density at radius 2 is 1.92 bits per heavy atom. The van der Waals surface area contributed by atoms with Crippen LogP contribution in [0.4, 0.5) is 0 Å². The van der Waals surface area contributed by atoms with Crippen molar-refractivity contribution in [2.75, 3.05) is 0 Å². The summed E-state index contributed by atoms with van der Waals surface area (Å²) < 4.78 is 0. The van der Waals surface area contributed by atoms with Gasteiger partial charge in [0.25, 0.3) is 0 Å². The maximum Gasteiger partial charge on any atom is -0.0198 e. The van der Waals surface area contributed by atoms with E-state index in [1.807, 2.05) is 0 Å². The second kappa shape index (κ2) is 2.78. The number of hydrogen-bond acceptors (Lipinski definition) is 0. The molecule has 62 valence electrons. The summed E-state index contributed by atoms with van der Waals surface area (Å²) in [5.74, 6) is 0. The molecule has 0 spiro atoms. The quantitative estimate of drug-likeness (QED) is 0.506. The Hall–Kier alpha value is -1.04. The van der Waals surface area contributed by atoms with Gasteiger partial charge >= 0.3 is 0 Å². The van der Waals surface area contributed by atoms with Crippen LogP contribution in [0.15, 0.2) is 47.6 Å². The molecule has 0 aromatic heterocycles. The van der Waals surface area contributed by atoms with E-state index in [2.05, 4.69) is 25.3 Å². The average Bonchev–Trinajstić information content (AvgIpc) is 2.12. The van der Waals surface area contributed by atoms with E-state index in [0.29, 0.717) is 0 Å². The van der Waals surface area contributed by atoms with E-state index in [4.69, 9.17) is 0 Å². The lowest BCUT2D eigenvalue weighted by Gasteiger charge is -2.24. The summed E-state index contributed by atoms with van der Waals surface area (Å²) in [6.45, 7) is 8.09. The van der Waals surface area contributed by atoms with Crippen molar-refractivity contribution in [3.05, 3.63) is 47.6 Å². The van der Waals surface area contributed by atoms with Crippen molar-refractivity contribution in [3.8, 4) is 0 Å². The molecular weight excluding hydrogens is 144 g/mol. The zero-order valence-corrected chi connectivity index (χ0v) is 7.40. The minimum atomic E-state index is 1.12. The van der Waals surface area contributed by atoms with Crippen LogP contribution in [0.25, 0.3) is 0 Å². The lowest BCUT2D eigenvalue weighted by molar-refractivity contribution is 0.803. The van der Waals surface area contributed by atoms with Gasteiger partial charge in [0.1, 0.15) is 0 Å². The van der Waals surface area contributed by atoms with E-state index in [-0.39, 0.29) is 0 Å². The molecule has 12 heavy (non-hydrogen) atoms. The largest absolute Gasteiger partial charge is 0.0952 e. The van der Waals surface area contributed by atoms with Gasteiger partial charge in [0.15, 0.2) is 0 Å². The second-order valence-electron chi connectivity index (χ2n) is 3.54. The fourth-order valence-electron chi connectivity index (χ4n) is 1.93. The molecule has 0 heteroatoms. The summed E-state index contributed by atoms with van der Waals surface area (Å²) in [4.78, 5) is 0. The predicted octanol–water partition coefficient (Wildman–Crippen LogP) is 3.54. The summed E-state index contributed by atoms with van der Waals surface area (Å²) in [6.07, 6.45) is 9.22. The second-order valence-corrected chi connectivity index (χ2v) is 3.54. The van der Waals surface area contributed by atoms with Gasteiger partial charge in [0.05, 0.1) is 0 Å². The number of allylic oxidation sites excluding steroid dienone is 6. The zero-order chi connectivity index (χ0) is 8.55. The molecule has 0 heterocycles. The molecule has 0 nitrogen and oxygen atoms in total. The molecule has 2 rings (SSSR count). The summed E-state index contributed by atoms with van der Waals surface area (Å²) >= 11 is 0. The van der Waals surface area contributed by atoms with E-state index in [1.165, 1.54) is 36.0 Å². The molecule has 2 aliphatic rings. The van der Waals surface area contributed by atoms with Gasteiger partial charge < -0.3 is 0 Å². The van der Waals surface area contributed by atoms with E-state index in [0.717, 1.165) is 6.42 Å². The fourth-order valence-corrected chi connectivity index (χ4v) is 1.93. The maximum absolute atomic E-state index is 4.07. The van der Waals surface area contributed by atoms with Crippen molar-refractivity contribution in [1.29, 1.82) is 0 Å². The molecule has 0 fully saturated rings. The first-order chi connectivity index (χ1) is 5.79. The summed E-state index contributed by atoms with van der Waals surface area (Å²) in [5, 5.41) is 0. The van der Waals surface area contributed by atoms with Gasteiger partial charge in [-0.3, -0.25) is 0 Å². The maximum atomic E-state index is 4.07. The smallest absolute Gasteiger partial charge is 0.0198 e. The van der Waals surface area contributed by atoms with E-state index < -0.39 is 0 Å². The molecule has 0 aromatic carbocycles. The zero-order valence-electron chi connectivity index (χ0n) is 7.40. The third-order valence-electron chi connectivity index (χ3n) is 2.76. The molecule has 0 atom stereocenters. The molecule has 0 bridgehead atoms. The SMILES string of the molecule is C=C1CCC2=C(C=CCC2)C1=C. The van der Waals surface area contributed by atoms with Gasteiger partial charge in [-0.15, -0.1) is 0 Å². The molecule has 2 aliphatic carbocycles. The molecular formula is C12H14. The summed E-state index contributed by atoms with van der Waals surface area (Å²) in [7, 11) is 0. The Bertz CT molecular complexity index is 300. The fraction of sp³-hybridized carbons (Fsp3) is 0.333. The van der Waals surface area contributed by atoms with Crippen LogP contribution >= 0.6 is 0 Å². The monoisotopic (exact) mass is 158 g/mol. The van der Waals surface area contributed by atoms with Crippen molar-refractivity contribution >= 4 is 0 Å². The minimum absolute atomic E-state index is 1.12. The molecule has 0 N–H and O–H groups in total. The van der Waals surface area contributed by atoms with Crippen LogP contribution in [0.5, 0.6) is 0 Å². The standard InChI is InChI=1S/C12H14/c1-9-7-8-11-5-3-4-6-12(11)10(9)2/h4,6H,1-3,5,7-8H2. The van der Waals surface area contributed by atoms with Crippen molar-refractivity contribution in [2.45, 2.75) is 25.7 Å². The Balaban J connectivity index is 2.41. The molecule has 0 radical (unpaired) electrons. The van der Waals surface area contributed by atoms with Gasteiger partial charge in [-0.2, -0.15) is 0 Å². The first-order valence-corrected chi connectivity index (χ1v) is 4.55. The third-order valence-corrected chi connectivity index (χ3v) is 2.76. The first-order valence-electron chi connectivity index (χ1n) is 4.55. The third kappa shape index (κ3) is 1.08. The molecule has 0 saturated carbocycles. The Morgan fingerprint density at radius 3 is 2.75 bits per heavy atom. The topological polar surface area (TPSA) is 0 Å². The summed E-state index contributed by atoms with van der Waals surface area (Å²) in [6, 6.07) is 0. The van der Waals surface area contributed by atoms with Crippen LogP contribution in [-0.4, -0.2) is 0 Å². The molecule has 0 amide bonds. The highest BCUT2D eigenvalue weighted by Crippen LogP contribution is 2.36. The Morgan fingerprint density at radius 1 is 1.08 bits per heavy atom. The molecule has 0 aromatic rings. The van der Waals surface area contributed by atoms with Crippen molar-refractivity contribution in [1.82, 2.24) is 0 Å². The summed E-state index contributed by atoms with van der Waals surface area (Å²) in [5.41, 5.74) is 5.36. The van der Waals surface area contributed by atoms with Gasteiger partial charge in [0.2, 0.25) is 0 Å². The lowest BCUT2D eigenvalue weighted by atomic mass is 9.81. The van der Waals surface area contributed by atoms with E-state index in [1.54, 1.807) is 5.57 Å². The van der Waals surface area contributed by atoms with Gasteiger partial charge in [-0.25, -0.2) is 0 Å². The van der Waals surface area contributed by atoms with Crippen LogP contribution in [0.3, 0.4) is 0 Å². The molecule has 0 aliphatic heterocycles. The normalized spacial score (nSPS) is 23.0. The number of rotatable bonds is 0. The van der Waals surface area contributed by atoms with Crippen LogP contribution in [-0.2, 0) is 0 Å². The van der Waals surface area contributed by atoms with Crippen LogP contribution in [0.1, 0.15) is 25.7 Å². The average molecular weight is 158 g/mol. The number of hydrogen-bond donors (Lipinski definition) is 0. The van der Waals surface area contributed by atoms with Gasteiger partial charge in [-0.1, -0.05) is 30.9 Å². The molecule has 0 unspecified atom stereocenters. The van der Waals surface area contributed by atoms with E-state index >= 15 is 0 Å². The lowest BCUT2D eigenvalue weighted by Crippen LogP contribution is -2.05. The van der Waals surface area contributed by atoms with Crippen molar-refractivity contribution < 1.29 is 0 Å². The van der Waals surface area contributed by atoms with Crippen molar-refractivity contribution in [2.24, 2.45) is 0 Å². The van der Waals surface area contributed by atoms with Crippen molar-refractivity contribution in [3.63, 3.8) is 0 Å². The van der Waals surface area contributed by atoms with Gasteiger partial charge in [0, 0.05) is 0 Å². The van der Waals surface area contributed by atoms with Crippen LogP contribution < -0.4 is 0 Å². The molecule has 0 saturated heterocycles. The predicted molar refractivity (Wildman–Crippen MR) is 52.9 cm³/mol. The highest BCUT2D eigenvalue weighted by Gasteiger charge is 2.17. The van der Waals surface area contributed by atoms with E-state index in [9.17, 15) is 0 Å². The van der Waals surface area contributed by atoms with Crippen LogP contribution in [0.2, 0.25) is 0 Å². The highest BCUT2D eigenvalue weighted by atomic mass is 14.2. The highest BCUT2D eigenvalue weighted by molar-refractivity contribution is 5.55.